The number of nitro benzene ring substituents is 1. The summed E-state index contributed by atoms with van der Waals surface area (Å²) >= 11 is 0. The highest BCUT2D eigenvalue weighted by Crippen LogP contribution is 2.28. The third-order valence-corrected chi connectivity index (χ3v) is 2.94. The van der Waals surface area contributed by atoms with Gasteiger partial charge in [-0.2, -0.15) is 0 Å². The van der Waals surface area contributed by atoms with Gasteiger partial charge in [0.05, 0.1) is 10.5 Å². The largest absolute Gasteiger partial charge is 0.478 e. The van der Waals surface area contributed by atoms with Crippen LogP contribution < -0.4 is 10.6 Å². The van der Waals surface area contributed by atoms with Crippen molar-refractivity contribution in [3.05, 3.63) is 33.4 Å². The van der Waals surface area contributed by atoms with Gasteiger partial charge in [-0.25, -0.2) is 4.79 Å². The fourth-order valence-corrected chi connectivity index (χ4v) is 1.79. The first kappa shape index (κ1) is 16.4. The third kappa shape index (κ3) is 3.91. The van der Waals surface area contributed by atoms with E-state index >= 15 is 0 Å². The minimum atomic E-state index is -1.27. The van der Waals surface area contributed by atoms with Crippen molar-refractivity contribution in [2.45, 2.75) is 26.8 Å². The maximum atomic E-state index is 11.7. The molecule has 0 aliphatic rings. The quantitative estimate of drug-likeness (QED) is 0.540. The van der Waals surface area contributed by atoms with Gasteiger partial charge in [-0.3, -0.25) is 14.9 Å². The number of carbonyl (C=O) groups excluding carboxylic acids is 1. The fraction of sp³-hybridized carbons (Fsp3) is 0.385. The zero-order chi connectivity index (χ0) is 16.2. The highest BCUT2D eigenvalue weighted by Gasteiger charge is 2.21. The van der Waals surface area contributed by atoms with Crippen LogP contribution in [0.4, 0.5) is 11.4 Å². The van der Waals surface area contributed by atoms with Gasteiger partial charge in [0.25, 0.3) is 5.69 Å². The molecule has 1 rings (SSSR count). The predicted molar refractivity (Wildman–Crippen MR) is 76.6 cm³/mol. The average Bonchev–Trinajstić information content (AvgIpc) is 2.40. The highest BCUT2D eigenvalue weighted by molar-refractivity contribution is 5.91. The molecule has 0 spiro atoms. The zero-order valence-electron chi connectivity index (χ0n) is 12.0. The molecule has 0 fully saturated rings. The van der Waals surface area contributed by atoms with Gasteiger partial charge in [0.15, 0.2) is 0 Å². The Morgan fingerprint density at radius 1 is 1.43 bits per heavy atom. The number of nitrogens with zero attached hydrogens (tertiary/aromatic N) is 1. The maximum absolute atomic E-state index is 11.7. The Hall–Kier alpha value is -2.64. The van der Waals surface area contributed by atoms with Crippen LogP contribution in [0.5, 0.6) is 0 Å². The summed E-state index contributed by atoms with van der Waals surface area (Å²) in [5, 5.41) is 25.4. The third-order valence-electron chi connectivity index (χ3n) is 2.94. The van der Waals surface area contributed by atoms with E-state index in [9.17, 15) is 19.7 Å². The number of rotatable bonds is 6. The lowest BCUT2D eigenvalue weighted by atomic mass is 10.1. The minimum absolute atomic E-state index is 0.210. The van der Waals surface area contributed by atoms with E-state index in [1.165, 1.54) is 13.0 Å². The molecule has 0 aliphatic carbocycles. The molecule has 0 aliphatic heterocycles. The second kappa shape index (κ2) is 6.69. The number of hydrogen-bond donors (Lipinski definition) is 3. The molecule has 21 heavy (non-hydrogen) atoms. The van der Waals surface area contributed by atoms with Gasteiger partial charge in [0.2, 0.25) is 5.91 Å². The van der Waals surface area contributed by atoms with Crippen molar-refractivity contribution in [1.29, 1.82) is 0 Å². The smallest absolute Gasteiger partial charge is 0.336 e. The zero-order valence-corrected chi connectivity index (χ0v) is 12.0. The van der Waals surface area contributed by atoms with Crippen molar-refractivity contribution in [3.63, 3.8) is 0 Å². The van der Waals surface area contributed by atoms with Crippen LogP contribution in [0.25, 0.3) is 0 Å². The number of anilines is 1. The molecule has 1 atom stereocenters. The molecule has 0 aromatic heterocycles. The van der Waals surface area contributed by atoms with Crippen LogP contribution in [0.1, 0.15) is 29.8 Å². The summed E-state index contributed by atoms with van der Waals surface area (Å²) in [5.41, 5.74) is 0.0138. The topological polar surface area (TPSA) is 122 Å². The van der Waals surface area contributed by atoms with Gasteiger partial charge in [0, 0.05) is 23.9 Å². The normalized spacial score (nSPS) is 11.6. The van der Waals surface area contributed by atoms with Crippen LogP contribution >= 0.6 is 0 Å². The van der Waals surface area contributed by atoms with Crippen LogP contribution in [0.2, 0.25) is 0 Å². The first-order valence-electron chi connectivity index (χ1n) is 6.34. The Kier molecular flexibility index (Phi) is 5.23. The standard InChI is InChI=1S/C13H17N3O5/c1-4-14-12(17)8(3)15-10-5-9(13(18)19)6-11(7(10)2)16(20)21/h5-6,8,15H,4H2,1-3H3,(H,14,17)(H,18,19). The summed E-state index contributed by atoms with van der Waals surface area (Å²) in [4.78, 5) is 33.0. The Morgan fingerprint density at radius 2 is 2.05 bits per heavy atom. The summed E-state index contributed by atoms with van der Waals surface area (Å²) in [6, 6.07) is 1.63. The van der Waals surface area contributed by atoms with Crippen molar-refractivity contribution in [2.75, 3.05) is 11.9 Å². The van der Waals surface area contributed by atoms with Gasteiger partial charge >= 0.3 is 5.97 Å². The van der Waals surface area contributed by atoms with Crippen molar-refractivity contribution in [3.8, 4) is 0 Å². The molecule has 0 saturated heterocycles. The monoisotopic (exact) mass is 295 g/mol. The van der Waals surface area contributed by atoms with Crippen molar-refractivity contribution in [2.24, 2.45) is 0 Å². The van der Waals surface area contributed by atoms with Crippen LogP contribution in [-0.2, 0) is 4.79 Å². The lowest BCUT2D eigenvalue weighted by Crippen LogP contribution is -2.37. The van der Waals surface area contributed by atoms with Gasteiger partial charge in [0.1, 0.15) is 6.04 Å². The molecule has 0 saturated carbocycles. The number of likely N-dealkylation sites (N-methyl/N-ethyl adjacent to an activating group) is 1. The van der Waals surface area contributed by atoms with Crippen molar-refractivity contribution < 1.29 is 19.6 Å². The molecule has 1 aromatic rings. The molecular weight excluding hydrogens is 278 g/mol. The SMILES string of the molecule is CCNC(=O)C(C)Nc1cc(C(=O)O)cc([N+](=O)[O-])c1C. The Morgan fingerprint density at radius 3 is 2.52 bits per heavy atom. The molecule has 3 N–H and O–H groups in total. The van der Waals surface area contributed by atoms with E-state index < -0.39 is 16.9 Å². The Labute approximate surface area is 121 Å². The Bertz CT molecular complexity index is 585. The van der Waals surface area contributed by atoms with Crippen LogP contribution in [0.15, 0.2) is 12.1 Å². The van der Waals surface area contributed by atoms with Crippen molar-refractivity contribution in [1.82, 2.24) is 5.32 Å². The number of carboxylic acids is 1. The second-order valence-electron chi connectivity index (χ2n) is 4.49. The molecular formula is C13H17N3O5. The molecule has 0 radical (unpaired) electrons. The van der Waals surface area contributed by atoms with Crippen LogP contribution in [0, 0.1) is 17.0 Å². The van der Waals surface area contributed by atoms with E-state index in [-0.39, 0.29) is 28.4 Å². The number of nitrogens with one attached hydrogen (secondary N) is 2. The molecule has 114 valence electrons. The van der Waals surface area contributed by atoms with E-state index in [4.69, 9.17) is 5.11 Å². The van der Waals surface area contributed by atoms with E-state index in [0.29, 0.717) is 6.54 Å². The number of nitro groups is 1. The molecule has 8 heteroatoms. The van der Waals surface area contributed by atoms with Crippen LogP contribution in [0.3, 0.4) is 0 Å². The van der Waals surface area contributed by atoms with E-state index in [0.717, 1.165) is 6.07 Å². The fourth-order valence-electron chi connectivity index (χ4n) is 1.79. The van der Waals surface area contributed by atoms with E-state index in [2.05, 4.69) is 10.6 Å². The molecule has 0 bridgehead atoms. The first-order chi connectivity index (χ1) is 9.77. The summed E-state index contributed by atoms with van der Waals surface area (Å²) in [6.45, 7) is 5.31. The maximum Gasteiger partial charge on any atom is 0.336 e. The molecule has 1 amide bonds. The van der Waals surface area contributed by atoms with Gasteiger partial charge in [-0.1, -0.05) is 0 Å². The summed E-state index contributed by atoms with van der Waals surface area (Å²) in [5.74, 6) is -1.55. The number of hydrogen-bond acceptors (Lipinski definition) is 5. The molecule has 1 aromatic carbocycles. The van der Waals surface area contributed by atoms with Crippen LogP contribution in [-0.4, -0.2) is 34.5 Å². The highest BCUT2D eigenvalue weighted by atomic mass is 16.6. The number of amides is 1. The average molecular weight is 295 g/mol. The number of aromatic carboxylic acids is 1. The van der Waals surface area contributed by atoms with Gasteiger partial charge in [-0.05, 0) is 26.8 Å². The summed E-state index contributed by atoms with van der Waals surface area (Å²) in [6.07, 6.45) is 0. The lowest BCUT2D eigenvalue weighted by Gasteiger charge is -2.17. The van der Waals surface area contributed by atoms with Crippen molar-refractivity contribution >= 4 is 23.3 Å². The molecule has 1 unspecified atom stereocenters. The number of carboxylic acid groups (broad SMARTS) is 1. The minimum Gasteiger partial charge on any atom is -0.478 e. The van der Waals surface area contributed by atoms with Gasteiger partial charge in [-0.15, -0.1) is 0 Å². The van der Waals surface area contributed by atoms with E-state index in [1.54, 1.807) is 13.8 Å². The molecule has 0 heterocycles. The summed E-state index contributed by atoms with van der Waals surface area (Å²) < 4.78 is 0. The number of carbonyl (C=O) groups is 2. The Balaban J connectivity index is 3.19. The van der Waals surface area contributed by atoms with Gasteiger partial charge < -0.3 is 15.7 Å². The van der Waals surface area contributed by atoms with E-state index in [1.807, 2.05) is 0 Å². The first-order valence-corrected chi connectivity index (χ1v) is 6.34. The lowest BCUT2D eigenvalue weighted by molar-refractivity contribution is -0.385. The predicted octanol–water partition coefficient (Wildman–Crippen LogP) is 1.54. The second-order valence-corrected chi connectivity index (χ2v) is 4.49. The molecule has 8 nitrogen and oxygen atoms in total. The number of benzene rings is 1. The summed E-state index contributed by atoms with van der Waals surface area (Å²) in [7, 11) is 0.